The maximum absolute atomic E-state index is 10.5. The largest absolute Gasteiger partial charge is 0.381 e. The predicted molar refractivity (Wildman–Crippen MR) is 55.6 cm³/mol. The Kier molecular flexibility index (Phi) is 3.84. The van der Waals surface area contributed by atoms with Crippen molar-refractivity contribution in [1.82, 2.24) is 4.98 Å². The number of carbonyl (C=O) groups excluding carboxylic acids is 1. The van der Waals surface area contributed by atoms with Gasteiger partial charge < -0.3 is 16.2 Å². The number of carbonyl (C=O) groups is 1. The van der Waals surface area contributed by atoms with E-state index in [2.05, 4.69) is 26.2 Å². The minimum Gasteiger partial charge on any atom is -0.381 e. The number of anilines is 1. The molecule has 4 N–H and O–H groups in total. The topological polar surface area (TPSA) is 88.2 Å². The van der Waals surface area contributed by atoms with Crippen molar-refractivity contribution in [3.63, 3.8) is 0 Å². The fourth-order valence-corrected chi connectivity index (χ4v) is 1.19. The maximum atomic E-state index is 10.5. The van der Waals surface area contributed by atoms with Crippen molar-refractivity contribution in [2.24, 2.45) is 5.73 Å². The molecule has 14 heavy (non-hydrogen) atoms. The van der Waals surface area contributed by atoms with Crippen LogP contribution in [0.5, 0.6) is 0 Å². The number of nitrogens with two attached hydrogens (primary N) is 1. The summed E-state index contributed by atoms with van der Waals surface area (Å²) < 4.78 is 0.816. The zero-order chi connectivity index (χ0) is 10.6. The summed E-state index contributed by atoms with van der Waals surface area (Å²) in [6.45, 7) is 0.0769. The molecule has 0 aliphatic carbocycles. The molecule has 0 radical (unpaired) electrons. The van der Waals surface area contributed by atoms with Crippen LogP contribution in [0.15, 0.2) is 22.9 Å². The summed E-state index contributed by atoms with van der Waals surface area (Å²) in [6, 6.07) is 1.78. The van der Waals surface area contributed by atoms with Gasteiger partial charge in [-0.25, -0.2) is 0 Å². The van der Waals surface area contributed by atoms with E-state index in [-0.39, 0.29) is 6.54 Å². The van der Waals surface area contributed by atoms with Gasteiger partial charge in [0, 0.05) is 17.2 Å². The van der Waals surface area contributed by atoms with Gasteiger partial charge in [-0.3, -0.25) is 9.78 Å². The lowest BCUT2D eigenvalue weighted by Gasteiger charge is -2.09. The molecule has 0 fully saturated rings. The van der Waals surface area contributed by atoms with E-state index in [4.69, 9.17) is 10.8 Å². The number of aromatic nitrogens is 1. The van der Waals surface area contributed by atoms with Crippen molar-refractivity contribution in [3.05, 3.63) is 22.9 Å². The van der Waals surface area contributed by atoms with Crippen LogP contribution in [0.3, 0.4) is 0 Å². The van der Waals surface area contributed by atoms with Gasteiger partial charge in [-0.1, -0.05) is 0 Å². The van der Waals surface area contributed by atoms with E-state index in [0.717, 1.165) is 4.47 Å². The third kappa shape index (κ3) is 3.31. The number of amides is 1. The van der Waals surface area contributed by atoms with Gasteiger partial charge in [-0.2, -0.15) is 0 Å². The number of pyridine rings is 1. The van der Waals surface area contributed by atoms with Crippen LogP contribution in [0.4, 0.5) is 5.69 Å². The van der Waals surface area contributed by atoms with Crippen molar-refractivity contribution in [1.29, 1.82) is 0 Å². The Bertz CT molecular complexity index is 332. The smallest absolute Gasteiger partial charge is 0.248 e. The standard InChI is InChI=1S/C8H10BrN3O2/c9-5-1-6(3-11-2-5)12-4-7(13)8(10)14/h1-3,7,12-13H,4H2,(H2,10,14). The molecule has 0 saturated carbocycles. The minimum atomic E-state index is -1.19. The molecule has 1 unspecified atom stereocenters. The van der Waals surface area contributed by atoms with Gasteiger partial charge in [0.1, 0.15) is 6.10 Å². The lowest BCUT2D eigenvalue weighted by atomic mass is 10.3. The van der Waals surface area contributed by atoms with E-state index in [1.54, 1.807) is 18.5 Å². The lowest BCUT2D eigenvalue weighted by Crippen LogP contribution is -2.34. The Balaban J connectivity index is 2.49. The highest BCUT2D eigenvalue weighted by Crippen LogP contribution is 2.13. The summed E-state index contributed by atoms with van der Waals surface area (Å²) in [6.07, 6.45) is 2.03. The van der Waals surface area contributed by atoms with Crippen molar-refractivity contribution >= 4 is 27.5 Å². The summed E-state index contributed by atoms with van der Waals surface area (Å²) in [4.78, 5) is 14.4. The molecule has 6 heteroatoms. The van der Waals surface area contributed by atoms with Crippen molar-refractivity contribution in [3.8, 4) is 0 Å². The fraction of sp³-hybridized carbons (Fsp3) is 0.250. The van der Waals surface area contributed by atoms with Gasteiger partial charge in [0.05, 0.1) is 11.9 Å². The van der Waals surface area contributed by atoms with Crippen molar-refractivity contribution in [2.75, 3.05) is 11.9 Å². The number of nitrogens with one attached hydrogen (secondary N) is 1. The first-order valence-corrected chi connectivity index (χ1v) is 4.70. The zero-order valence-corrected chi connectivity index (χ0v) is 8.86. The number of halogens is 1. The number of hydrogen-bond donors (Lipinski definition) is 3. The number of rotatable bonds is 4. The lowest BCUT2D eigenvalue weighted by molar-refractivity contribution is -0.125. The van der Waals surface area contributed by atoms with E-state index in [9.17, 15) is 4.79 Å². The van der Waals surface area contributed by atoms with Crippen molar-refractivity contribution in [2.45, 2.75) is 6.10 Å². The SMILES string of the molecule is NC(=O)C(O)CNc1cncc(Br)c1. The molecule has 1 rings (SSSR count). The molecular weight excluding hydrogens is 250 g/mol. The molecule has 0 aromatic carbocycles. The van der Waals surface area contributed by atoms with Gasteiger partial charge in [-0.15, -0.1) is 0 Å². The van der Waals surface area contributed by atoms with Crippen LogP contribution in [-0.2, 0) is 4.79 Å². The second kappa shape index (κ2) is 4.92. The molecule has 0 bridgehead atoms. The third-order valence-electron chi connectivity index (χ3n) is 1.53. The predicted octanol–water partition coefficient (Wildman–Crippen LogP) is 0.102. The molecule has 76 valence electrons. The molecule has 1 heterocycles. The summed E-state index contributed by atoms with van der Waals surface area (Å²) in [5, 5.41) is 11.9. The van der Waals surface area contributed by atoms with Crippen LogP contribution in [0.1, 0.15) is 0 Å². The maximum Gasteiger partial charge on any atom is 0.248 e. The Hall–Kier alpha value is -1.14. The van der Waals surface area contributed by atoms with E-state index >= 15 is 0 Å². The van der Waals surface area contributed by atoms with Gasteiger partial charge in [0.25, 0.3) is 0 Å². The summed E-state index contributed by atoms with van der Waals surface area (Å²) in [5.74, 6) is -0.750. The van der Waals surface area contributed by atoms with Gasteiger partial charge in [-0.05, 0) is 22.0 Å². The molecule has 1 atom stereocenters. The van der Waals surface area contributed by atoms with Crippen LogP contribution in [0, 0.1) is 0 Å². The minimum absolute atomic E-state index is 0.0769. The number of aliphatic hydroxyl groups is 1. The second-order valence-electron chi connectivity index (χ2n) is 2.69. The second-order valence-corrected chi connectivity index (χ2v) is 3.61. The van der Waals surface area contributed by atoms with Gasteiger partial charge in [0.15, 0.2) is 0 Å². The van der Waals surface area contributed by atoms with Crippen molar-refractivity contribution < 1.29 is 9.90 Å². The number of nitrogens with zero attached hydrogens (tertiary/aromatic N) is 1. The fourth-order valence-electron chi connectivity index (χ4n) is 0.824. The Morgan fingerprint density at radius 1 is 1.71 bits per heavy atom. The monoisotopic (exact) mass is 259 g/mol. The first-order valence-electron chi connectivity index (χ1n) is 3.91. The summed E-state index contributed by atoms with van der Waals surface area (Å²) in [7, 11) is 0. The van der Waals surface area contributed by atoms with Gasteiger partial charge in [0.2, 0.25) is 5.91 Å². The molecule has 1 aromatic rings. The van der Waals surface area contributed by atoms with Crippen LogP contribution in [-0.4, -0.2) is 28.6 Å². The quantitative estimate of drug-likeness (QED) is 0.716. The van der Waals surface area contributed by atoms with E-state index in [1.807, 2.05) is 0 Å². The molecule has 0 saturated heterocycles. The first-order chi connectivity index (χ1) is 6.59. The highest BCUT2D eigenvalue weighted by atomic mass is 79.9. The molecule has 1 aromatic heterocycles. The zero-order valence-electron chi connectivity index (χ0n) is 7.27. The Morgan fingerprint density at radius 3 is 3.00 bits per heavy atom. The molecule has 0 aliphatic rings. The van der Waals surface area contributed by atoms with Gasteiger partial charge >= 0.3 is 0 Å². The first kappa shape index (κ1) is 10.9. The van der Waals surface area contributed by atoms with Crippen LogP contribution in [0.25, 0.3) is 0 Å². The number of aliphatic hydroxyl groups excluding tert-OH is 1. The van der Waals surface area contributed by atoms with E-state index < -0.39 is 12.0 Å². The van der Waals surface area contributed by atoms with Crippen LogP contribution >= 0.6 is 15.9 Å². The molecule has 1 amide bonds. The number of hydrogen-bond acceptors (Lipinski definition) is 4. The molecule has 5 nitrogen and oxygen atoms in total. The number of primary amides is 1. The van der Waals surface area contributed by atoms with E-state index in [1.165, 1.54) is 0 Å². The average Bonchev–Trinajstić information content (AvgIpc) is 2.14. The average molecular weight is 260 g/mol. The van der Waals surface area contributed by atoms with Crippen LogP contribution < -0.4 is 11.1 Å². The molecule has 0 spiro atoms. The van der Waals surface area contributed by atoms with Crippen LogP contribution in [0.2, 0.25) is 0 Å². The normalized spacial score (nSPS) is 12.1. The summed E-state index contributed by atoms with van der Waals surface area (Å²) in [5.41, 5.74) is 5.58. The Labute approximate surface area is 89.5 Å². The molecular formula is C8H10BrN3O2. The molecule has 0 aliphatic heterocycles. The highest BCUT2D eigenvalue weighted by Gasteiger charge is 2.09. The summed E-state index contributed by atoms with van der Waals surface area (Å²) >= 11 is 3.24. The third-order valence-corrected chi connectivity index (χ3v) is 1.97. The van der Waals surface area contributed by atoms with E-state index in [0.29, 0.717) is 5.69 Å². The Morgan fingerprint density at radius 2 is 2.43 bits per heavy atom. The highest BCUT2D eigenvalue weighted by molar-refractivity contribution is 9.10.